The van der Waals surface area contributed by atoms with Crippen LogP contribution in [0.15, 0.2) is 84.1 Å². The Balaban J connectivity index is 2.06. The van der Waals surface area contributed by atoms with E-state index in [0.29, 0.717) is 11.1 Å². The zero-order valence-corrected chi connectivity index (χ0v) is 14.0. The van der Waals surface area contributed by atoms with Crippen molar-refractivity contribution in [2.75, 3.05) is 0 Å². The second-order valence-corrected chi connectivity index (χ2v) is 5.63. The monoisotopic (exact) mass is 342 g/mol. The lowest BCUT2D eigenvalue weighted by Gasteiger charge is -2.06. The second kappa shape index (κ2) is 7.90. The van der Waals surface area contributed by atoms with Gasteiger partial charge in [0, 0.05) is 18.0 Å². The van der Waals surface area contributed by atoms with Crippen LogP contribution in [0.25, 0.3) is 22.8 Å². The maximum Gasteiger partial charge on any atom is 0.280 e. The number of benzene rings is 2. The number of hydrogen-bond donors (Lipinski definition) is 2. The van der Waals surface area contributed by atoms with Gasteiger partial charge in [-0.05, 0) is 34.9 Å². The van der Waals surface area contributed by atoms with Crippen LogP contribution in [-0.4, -0.2) is 16.9 Å². The number of nitrogens with two attached hydrogens (primary N) is 2. The van der Waals surface area contributed by atoms with Gasteiger partial charge in [0.1, 0.15) is 0 Å². The quantitative estimate of drug-likeness (QED) is 0.433. The Bertz CT molecular complexity index is 960. The van der Waals surface area contributed by atoms with Crippen molar-refractivity contribution in [3.8, 4) is 11.1 Å². The molecule has 1 aromatic heterocycles. The number of aromatic nitrogens is 1. The number of carbonyl (C=O) groups is 1. The number of carbonyl (C=O) groups excluding carboxylic acids is 1. The van der Waals surface area contributed by atoms with E-state index in [1.54, 1.807) is 30.6 Å². The van der Waals surface area contributed by atoms with E-state index in [9.17, 15) is 4.79 Å². The Morgan fingerprint density at radius 2 is 1.69 bits per heavy atom. The van der Waals surface area contributed by atoms with E-state index in [2.05, 4.69) is 9.98 Å². The molecule has 0 saturated heterocycles. The summed E-state index contributed by atoms with van der Waals surface area (Å²) in [7, 11) is 0. The van der Waals surface area contributed by atoms with Gasteiger partial charge < -0.3 is 11.5 Å². The summed E-state index contributed by atoms with van der Waals surface area (Å²) in [6, 6.07) is 21.5. The molecule has 5 heteroatoms. The van der Waals surface area contributed by atoms with Crippen molar-refractivity contribution >= 4 is 23.5 Å². The Morgan fingerprint density at radius 3 is 2.38 bits per heavy atom. The highest BCUT2D eigenvalue weighted by molar-refractivity contribution is 6.26. The zero-order valence-electron chi connectivity index (χ0n) is 14.0. The molecular formula is C21H18N4O. The maximum atomic E-state index is 12.5. The van der Waals surface area contributed by atoms with E-state index in [1.165, 1.54) is 0 Å². The smallest absolute Gasteiger partial charge is 0.280 e. The molecule has 128 valence electrons. The van der Waals surface area contributed by atoms with Crippen LogP contribution < -0.4 is 11.5 Å². The fraction of sp³-hybridized carbons (Fsp3) is 0. The van der Waals surface area contributed by atoms with Crippen molar-refractivity contribution in [1.29, 1.82) is 0 Å². The molecule has 0 aliphatic heterocycles. The molecule has 0 saturated carbocycles. The fourth-order valence-corrected chi connectivity index (χ4v) is 2.57. The van der Waals surface area contributed by atoms with Gasteiger partial charge in [-0.25, -0.2) is 0 Å². The van der Waals surface area contributed by atoms with Crippen LogP contribution >= 0.6 is 0 Å². The van der Waals surface area contributed by atoms with Crippen molar-refractivity contribution in [2.45, 2.75) is 0 Å². The van der Waals surface area contributed by atoms with E-state index in [-0.39, 0.29) is 5.96 Å². The summed E-state index contributed by atoms with van der Waals surface area (Å²) in [5, 5.41) is 0. The van der Waals surface area contributed by atoms with E-state index in [0.717, 1.165) is 16.7 Å². The largest absolute Gasteiger partial charge is 0.370 e. The molecule has 1 amide bonds. The van der Waals surface area contributed by atoms with Crippen molar-refractivity contribution in [2.24, 2.45) is 16.5 Å². The minimum atomic E-state index is -0.511. The topological polar surface area (TPSA) is 94.4 Å². The van der Waals surface area contributed by atoms with Crippen LogP contribution in [0.5, 0.6) is 0 Å². The number of rotatable bonds is 4. The van der Waals surface area contributed by atoms with Crippen molar-refractivity contribution in [1.82, 2.24) is 4.98 Å². The first-order chi connectivity index (χ1) is 12.6. The first kappa shape index (κ1) is 17.1. The summed E-state index contributed by atoms with van der Waals surface area (Å²) in [6.45, 7) is 0. The Morgan fingerprint density at radius 1 is 0.923 bits per heavy atom. The van der Waals surface area contributed by atoms with E-state index < -0.39 is 5.91 Å². The van der Waals surface area contributed by atoms with Crippen LogP contribution in [-0.2, 0) is 4.79 Å². The van der Waals surface area contributed by atoms with Crippen molar-refractivity contribution in [3.05, 3.63) is 90.3 Å². The summed E-state index contributed by atoms with van der Waals surface area (Å²) in [4.78, 5) is 20.2. The van der Waals surface area contributed by atoms with Gasteiger partial charge in [0.15, 0.2) is 5.96 Å². The van der Waals surface area contributed by atoms with Gasteiger partial charge in [0.25, 0.3) is 5.91 Å². The van der Waals surface area contributed by atoms with Crippen LogP contribution in [0.3, 0.4) is 0 Å². The normalized spacial score (nSPS) is 11.0. The molecule has 4 N–H and O–H groups in total. The van der Waals surface area contributed by atoms with E-state index in [4.69, 9.17) is 11.5 Å². The maximum absolute atomic E-state index is 12.5. The minimum Gasteiger partial charge on any atom is -0.370 e. The lowest BCUT2D eigenvalue weighted by molar-refractivity contribution is -0.112. The molecule has 3 aromatic rings. The zero-order chi connectivity index (χ0) is 18.4. The molecule has 3 rings (SSSR count). The molecule has 1 heterocycles. The van der Waals surface area contributed by atoms with E-state index >= 15 is 0 Å². The molecule has 0 fully saturated rings. The summed E-state index contributed by atoms with van der Waals surface area (Å²) in [5.74, 6) is -0.786. The SMILES string of the molecule is NC(N)=NC(=O)/C(=C/c1cccc(-c2ccccc2)c1)c1cccnc1. The fourth-order valence-electron chi connectivity index (χ4n) is 2.57. The molecule has 0 aliphatic rings. The standard InChI is InChI=1S/C21H18N4O/c22-21(23)25-20(26)19(18-10-5-11-24-14-18)13-15-6-4-9-17(12-15)16-7-2-1-3-8-16/h1-14H,(H4,22,23,25,26)/b19-13+. The number of pyridine rings is 1. The molecule has 0 unspecified atom stereocenters. The predicted octanol–water partition coefficient (Wildman–Crippen LogP) is 3.09. The lowest BCUT2D eigenvalue weighted by atomic mass is 10.00. The highest BCUT2D eigenvalue weighted by Gasteiger charge is 2.12. The van der Waals surface area contributed by atoms with Crippen LogP contribution in [0.1, 0.15) is 11.1 Å². The van der Waals surface area contributed by atoms with Crippen LogP contribution in [0.4, 0.5) is 0 Å². The molecule has 0 atom stereocenters. The van der Waals surface area contributed by atoms with Gasteiger partial charge in [0.2, 0.25) is 0 Å². The Hall–Kier alpha value is -3.73. The summed E-state index contributed by atoms with van der Waals surface area (Å²) in [6.07, 6.45) is 5.01. The van der Waals surface area contributed by atoms with Gasteiger partial charge in [0.05, 0.1) is 5.57 Å². The highest BCUT2D eigenvalue weighted by Crippen LogP contribution is 2.24. The van der Waals surface area contributed by atoms with Crippen LogP contribution in [0, 0.1) is 0 Å². The lowest BCUT2D eigenvalue weighted by Crippen LogP contribution is -2.24. The summed E-state index contributed by atoms with van der Waals surface area (Å²) in [5.41, 5.74) is 14.8. The van der Waals surface area contributed by atoms with Gasteiger partial charge >= 0.3 is 0 Å². The second-order valence-electron chi connectivity index (χ2n) is 5.63. The van der Waals surface area contributed by atoms with Gasteiger partial charge in [-0.15, -0.1) is 0 Å². The molecule has 0 spiro atoms. The third kappa shape index (κ3) is 4.21. The van der Waals surface area contributed by atoms with Crippen molar-refractivity contribution in [3.63, 3.8) is 0 Å². The summed E-state index contributed by atoms with van der Waals surface area (Å²) >= 11 is 0. The molecule has 0 bridgehead atoms. The Labute approximate surface area is 151 Å². The predicted molar refractivity (Wildman–Crippen MR) is 105 cm³/mol. The molecule has 2 aromatic carbocycles. The first-order valence-corrected chi connectivity index (χ1v) is 8.05. The van der Waals surface area contributed by atoms with Gasteiger partial charge in [-0.2, -0.15) is 4.99 Å². The number of amides is 1. The third-order valence-electron chi connectivity index (χ3n) is 3.74. The minimum absolute atomic E-state index is 0.275. The highest BCUT2D eigenvalue weighted by atomic mass is 16.1. The van der Waals surface area contributed by atoms with Gasteiger partial charge in [-0.1, -0.05) is 54.6 Å². The molecular weight excluding hydrogens is 324 g/mol. The molecule has 26 heavy (non-hydrogen) atoms. The number of guanidine groups is 1. The van der Waals surface area contributed by atoms with E-state index in [1.807, 2.05) is 54.6 Å². The van der Waals surface area contributed by atoms with Gasteiger partial charge in [-0.3, -0.25) is 9.78 Å². The number of aliphatic imine (C=N–C) groups is 1. The van der Waals surface area contributed by atoms with Crippen LogP contribution in [0.2, 0.25) is 0 Å². The number of nitrogens with zero attached hydrogens (tertiary/aromatic N) is 2. The van der Waals surface area contributed by atoms with Crippen molar-refractivity contribution < 1.29 is 4.79 Å². The summed E-state index contributed by atoms with van der Waals surface area (Å²) < 4.78 is 0. The first-order valence-electron chi connectivity index (χ1n) is 8.05. The molecule has 0 radical (unpaired) electrons. The Kier molecular flexibility index (Phi) is 5.19. The number of hydrogen-bond acceptors (Lipinski definition) is 2. The average molecular weight is 342 g/mol. The average Bonchev–Trinajstić information content (AvgIpc) is 2.67. The third-order valence-corrected chi connectivity index (χ3v) is 3.74. The molecule has 5 nitrogen and oxygen atoms in total. The molecule has 0 aliphatic carbocycles.